The molecule has 5 nitrogen and oxygen atoms in total. The van der Waals surface area contributed by atoms with E-state index >= 15 is 0 Å². The van der Waals surface area contributed by atoms with Gasteiger partial charge in [-0.1, -0.05) is 38.1 Å². The SMILES string of the molecule is CC(C)c1ccc(CC(=O)N[C@H](C)c2ccc(Nc3cccnc3)cn2)cc1. The number of carbonyl (C=O) groups excluding carboxylic acids is 1. The van der Waals surface area contributed by atoms with E-state index in [1.807, 2.05) is 43.3 Å². The van der Waals surface area contributed by atoms with E-state index in [0.717, 1.165) is 22.6 Å². The highest BCUT2D eigenvalue weighted by atomic mass is 16.1. The van der Waals surface area contributed by atoms with Gasteiger partial charge in [0.1, 0.15) is 0 Å². The zero-order chi connectivity index (χ0) is 19.9. The number of nitrogens with zero attached hydrogens (tertiary/aromatic N) is 2. The van der Waals surface area contributed by atoms with Crippen molar-refractivity contribution >= 4 is 17.3 Å². The van der Waals surface area contributed by atoms with Crippen LogP contribution in [-0.4, -0.2) is 15.9 Å². The molecule has 0 radical (unpaired) electrons. The van der Waals surface area contributed by atoms with E-state index in [4.69, 9.17) is 0 Å². The third-order valence-corrected chi connectivity index (χ3v) is 4.57. The van der Waals surface area contributed by atoms with E-state index in [1.54, 1.807) is 18.6 Å². The normalized spacial score (nSPS) is 11.9. The molecule has 1 atom stereocenters. The Morgan fingerprint density at radius 2 is 1.71 bits per heavy atom. The molecule has 0 aliphatic carbocycles. The molecule has 28 heavy (non-hydrogen) atoms. The van der Waals surface area contributed by atoms with Gasteiger partial charge in [0, 0.05) is 6.20 Å². The lowest BCUT2D eigenvalue weighted by Crippen LogP contribution is -2.28. The maximum Gasteiger partial charge on any atom is 0.224 e. The first kappa shape index (κ1) is 19.5. The van der Waals surface area contributed by atoms with Crippen molar-refractivity contribution in [2.75, 3.05) is 5.32 Å². The topological polar surface area (TPSA) is 66.9 Å². The predicted octanol–water partition coefficient (Wildman–Crippen LogP) is 4.76. The quantitative estimate of drug-likeness (QED) is 0.625. The number of nitrogens with one attached hydrogen (secondary N) is 2. The van der Waals surface area contributed by atoms with Crippen LogP contribution < -0.4 is 10.6 Å². The second-order valence-corrected chi connectivity index (χ2v) is 7.20. The maximum absolute atomic E-state index is 12.4. The number of carbonyl (C=O) groups is 1. The molecule has 1 aromatic carbocycles. The Morgan fingerprint density at radius 3 is 2.32 bits per heavy atom. The molecule has 0 aliphatic rings. The number of rotatable bonds is 7. The molecule has 144 valence electrons. The lowest BCUT2D eigenvalue weighted by atomic mass is 10.0. The highest BCUT2D eigenvalue weighted by Crippen LogP contribution is 2.18. The fraction of sp³-hybridized carbons (Fsp3) is 0.261. The van der Waals surface area contributed by atoms with E-state index in [9.17, 15) is 4.79 Å². The molecule has 0 unspecified atom stereocenters. The summed E-state index contributed by atoms with van der Waals surface area (Å²) < 4.78 is 0. The van der Waals surface area contributed by atoms with Crippen LogP contribution >= 0.6 is 0 Å². The van der Waals surface area contributed by atoms with Gasteiger partial charge in [0.15, 0.2) is 0 Å². The Morgan fingerprint density at radius 1 is 0.964 bits per heavy atom. The average Bonchev–Trinajstić information content (AvgIpc) is 2.69. The lowest BCUT2D eigenvalue weighted by molar-refractivity contribution is -0.121. The van der Waals surface area contributed by atoms with Crippen molar-refractivity contribution in [3.8, 4) is 0 Å². The zero-order valence-electron chi connectivity index (χ0n) is 16.5. The molecule has 3 aromatic rings. The molecule has 2 N–H and O–H groups in total. The van der Waals surface area contributed by atoms with Crippen LogP contribution in [0.5, 0.6) is 0 Å². The number of hydrogen-bond acceptors (Lipinski definition) is 4. The van der Waals surface area contributed by atoms with Gasteiger partial charge >= 0.3 is 0 Å². The van der Waals surface area contributed by atoms with Crippen LogP contribution in [0.25, 0.3) is 0 Å². The fourth-order valence-electron chi connectivity index (χ4n) is 2.91. The first-order chi connectivity index (χ1) is 13.5. The zero-order valence-corrected chi connectivity index (χ0v) is 16.5. The van der Waals surface area contributed by atoms with Crippen LogP contribution in [0.3, 0.4) is 0 Å². The summed E-state index contributed by atoms with van der Waals surface area (Å²) in [4.78, 5) is 20.9. The number of anilines is 2. The number of benzene rings is 1. The molecule has 0 bridgehead atoms. The maximum atomic E-state index is 12.4. The van der Waals surface area contributed by atoms with Gasteiger partial charge in [0.05, 0.1) is 41.9 Å². The Balaban J connectivity index is 1.54. The monoisotopic (exact) mass is 374 g/mol. The summed E-state index contributed by atoms with van der Waals surface area (Å²) in [6, 6.07) is 15.8. The van der Waals surface area contributed by atoms with Crippen LogP contribution in [0.2, 0.25) is 0 Å². The lowest BCUT2D eigenvalue weighted by Gasteiger charge is -2.14. The summed E-state index contributed by atoms with van der Waals surface area (Å²) >= 11 is 0. The minimum Gasteiger partial charge on any atom is -0.353 e. The molecule has 5 heteroatoms. The highest BCUT2D eigenvalue weighted by molar-refractivity contribution is 5.79. The summed E-state index contributed by atoms with van der Waals surface area (Å²) in [5, 5.41) is 6.26. The molecule has 3 rings (SSSR count). The summed E-state index contributed by atoms with van der Waals surface area (Å²) in [5.41, 5.74) is 4.89. The molecule has 2 aromatic heterocycles. The van der Waals surface area contributed by atoms with E-state index < -0.39 is 0 Å². The van der Waals surface area contributed by atoms with Crippen LogP contribution in [0, 0.1) is 0 Å². The fourth-order valence-corrected chi connectivity index (χ4v) is 2.91. The summed E-state index contributed by atoms with van der Waals surface area (Å²) in [6.07, 6.45) is 5.61. The van der Waals surface area contributed by atoms with Gasteiger partial charge in [0.25, 0.3) is 0 Å². The van der Waals surface area contributed by atoms with Gasteiger partial charge in [-0.05, 0) is 48.2 Å². The predicted molar refractivity (Wildman–Crippen MR) is 113 cm³/mol. The minimum atomic E-state index is -0.158. The molecular weight excluding hydrogens is 348 g/mol. The van der Waals surface area contributed by atoms with Crippen molar-refractivity contribution in [2.24, 2.45) is 0 Å². The van der Waals surface area contributed by atoms with Crippen LogP contribution in [0.1, 0.15) is 49.6 Å². The molecule has 0 aliphatic heterocycles. The van der Waals surface area contributed by atoms with Crippen molar-refractivity contribution in [2.45, 2.75) is 39.2 Å². The largest absolute Gasteiger partial charge is 0.353 e. The Labute approximate surface area is 166 Å². The first-order valence-electron chi connectivity index (χ1n) is 9.52. The van der Waals surface area contributed by atoms with Crippen molar-refractivity contribution in [3.05, 3.63) is 83.9 Å². The van der Waals surface area contributed by atoms with E-state index in [-0.39, 0.29) is 11.9 Å². The van der Waals surface area contributed by atoms with Gasteiger partial charge < -0.3 is 10.6 Å². The van der Waals surface area contributed by atoms with Crippen molar-refractivity contribution in [1.29, 1.82) is 0 Å². The molecule has 2 heterocycles. The Hall–Kier alpha value is -3.21. The van der Waals surface area contributed by atoms with Crippen molar-refractivity contribution in [3.63, 3.8) is 0 Å². The molecule has 0 saturated carbocycles. The van der Waals surface area contributed by atoms with Crippen LogP contribution in [0.15, 0.2) is 67.1 Å². The minimum absolute atomic E-state index is 0.0100. The second kappa shape index (κ2) is 9.13. The molecule has 1 amide bonds. The smallest absolute Gasteiger partial charge is 0.224 e. The molecule has 0 fully saturated rings. The van der Waals surface area contributed by atoms with Gasteiger partial charge in [-0.2, -0.15) is 0 Å². The van der Waals surface area contributed by atoms with Crippen LogP contribution in [-0.2, 0) is 11.2 Å². The third kappa shape index (κ3) is 5.39. The van der Waals surface area contributed by atoms with Crippen molar-refractivity contribution in [1.82, 2.24) is 15.3 Å². The van der Waals surface area contributed by atoms with Gasteiger partial charge in [-0.25, -0.2) is 0 Å². The van der Waals surface area contributed by atoms with Gasteiger partial charge in [0.2, 0.25) is 5.91 Å². The van der Waals surface area contributed by atoms with E-state index in [0.29, 0.717) is 12.3 Å². The molecule has 0 spiro atoms. The number of aromatic nitrogens is 2. The van der Waals surface area contributed by atoms with Crippen LogP contribution in [0.4, 0.5) is 11.4 Å². The number of amides is 1. The van der Waals surface area contributed by atoms with Gasteiger partial charge in [-0.3, -0.25) is 14.8 Å². The Bertz CT molecular complexity index is 890. The standard InChI is InChI=1S/C23H26N4O/c1-16(2)19-8-6-18(7-9-19)13-23(28)26-17(3)22-11-10-21(15-25-22)27-20-5-4-12-24-14-20/h4-12,14-17,27H,13H2,1-3H3,(H,26,28)/t17-/m1/s1. The average molecular weight is 374 g/mol. The second-order valence-electron chi connectivity index (χ2n) is 7.20. The summed E-state index contributed by atoms with van der Waals surface area (Å²) in [6.45, 7) is 6.26. The van der Waals surface area contributed by atoms with E-state index in [1.165, 1.54) is 5.56 Å². The summed E-state index contributed by atoms with van der Waals surface area (Å²) in [7, 11) is 0. The number of hydrogen-bond donors (Lipinski definition) is 2. The van der Waals surface area contributed by atoms with Gasteiger partial charge in [-0.15, -0.1) is 0 Å². The number of pyridine rings is 2. The summed E-state index contributed by atoms with van der Waals surface area (Å²) in [5.74, 6) is 0.480. The Kier molecular flexibility index (Phi) is 6.37. The molecule has 0 saturated heterocycles. The third-order valence-electron chi connectivity index (χ3n) is 4.57. The van der Waals surface area contributed by atoms with E-state index in [2.05, 4.69) is 46.6 Å². The first-order valence-corrected chi connectivity index (χ1v) is 9.52. The highest BCUT2D eigenvalue weighted by Gasteiger charge is 2.12. The van der Waals surface area contributed by atoms with Crippen molar-refractivity contribution < 1.29 is 4.79 Å². The molecular formula is C23H26N4O.